The fourth-order valence-corrected chi connectivity index (χ4v) is 4.61. The molecule has 1 heterocycles. The highest BCUT2D eigenvalue weighted by Gasteiger charge is 2.52. The maximum Gasteiger partial charge on any atom is 0.249 e. The second kappa shape index (κ2) is 15.9. The first-order valence-electron chi connectivity index (χ1n) is 13.3. The third kappa shape index (κ3) is 8.69. The lowest BCUT2D eigenvalue weighted by Crippen LogP contribution is -2.67. The molecule has 236 valence electrons. The highest BCUT2D eigenvalue weighted by molar-refractivity contribution is 5.80. The first kappa shape index (κ1) is 35.1. The predicted octanol–water partition coefficient (Wildman–Crippen LogP) is -6.76. The Kier molecular flexibility index (Phi) is 14.0. The fraction of sp³-hybridized carbons (Fsp3) is 0.957. The van der Waals surface area contributed by atoms with Crippen LogP contribution in [0.25, 0.3) is 0 Å². The van der Waals surface area contributed by atoms with E-state index in [1.165, 1.54) is 6.92 Å². The van der Waals surface area contributed by atoms with Gasteiger partial charge in [0.15, 0.2) is 12.6 Å². The van der Waals surface area contributed by atoms with Gasteiger partial charge in [0.05, 0.1) is 31.4 Å². The number of carbonyl (C=O) groups excluding carboxylic acids is 1. The van der Waals surface area contributed by atoms with Gasteiger partial charge in [-0.05, 0) is 33.2 Å². The van der Waals surface area contributed by atoms with Gasteiger partial charge < -0.3 is 82.9 Å². The third-order valence-corrected chi connectivity index (χ3v) is 7.04. The molecule has 2 aliphatic rings. The number of nitrogens with one attached hydrogen (secondary N) is 1. The number of rotatable bonds is 15. The van der Waals surface area contributed by atoms with E-state index in [9.17, 15) is 40.5 Å². The van der Waals surface area contributed by atoms with E-state index in [4.69, 9.17) is 41.9 Å². The molecule has 15 atom stereocenters. The van der Waals surface area contributed by atoms with Gasteiger partial charge in [-0.25, -0.2) is 0 Å². The van der Waals surface area contributed by atoms with Crippen molar-refractivity contribution in [2.75, 3.05) is 19.8 Å². The number of carbonyl (C=O) groups is 1. The number of ether oxygens (including phenoxy) is 4. The van der Waals surface area contributed by atoms with Gasteiger partial charge in [-0.15, -0.1) is 0 Å². The summed E-state index contributed by atoms with van der Waals surface area (Å²) in [5.41, 5.74) is 23.6. The molecule has 1 saturated carbocycles. The van der Waals surface area contributed by atoms with Crippen LogP contribution in [0.2, 0.25) is 0 Å². The largest absolute Gasteiger partial charge is 0.395 e. The predicted molar refractivity (Wildman–Crippen MR) is 137 cm³/mol. The summed E-state index contributed by atoms with van der Waals surface area (Å²) < 4.78 is 23.1. The molecule has 17 heteroatoms. The Balaban J connectivity index is 2.36. The zero-order chi connectivity index (χ0) is 30.3. The lowest BCUT2D eigenvalue weighted by atomic mass is 9.83. The summed E-state index contributed by atoms with van der Waals surface area (Å²) in [6.07, 6.45) is -15.2. The summed E-state index contributed by atoms with van der Waals surface area (Å²) in [6, 6.07) is -3.97. The lowest BCUT2D eigenvalue weighted by Gasteiger charge is -2.46. The molecule has 17 nitrogen and oxygen atoms in total. The monoisotopic (exact) mass is 585 g/mol. The number of nitrogens with two attached hydrogens (primary N) is 4. The fourth-order valence-electron chi connectivity index (χ4n) is 4.61. The Hall–Kier alpha value is -1.13. The molecule has 0 spiro atoms. The molecule has 16 N–H and O–H groups in total. The SMILES string of the molecule is C[C@H](O)C(CO)O[C@H](O[C@@H]1C(N)C[C@@H](NC(=O)[C@@H](O)CCN)[C@@H](O)C1O[C@@H]1O[C@H]([C@@H](C)N)C(O)[C@@H]1O)[C@@H](N)CO. The van der Waals surface area contributed by atoms with E-state index in [-0.39, 0.29) is 19.4 Å². The van der Waals surface area contributed by atoms with Crippen LogP contribution in [0.1, 0.15) is 26.7 Å². The standard InChI is InChI=1S/C23H47N5O12/c1-8(25)18-16(34)17(35)23(38-18)40-20-15(33)12(28-21(36)13(32)3-4-24)5-10(26)19(20)39-22(11(27)6-29)37-14(7-30)9(2)31/h8-20,22-23,29-35H,3-7,24-27H2,1-2H3,(H,28,36)/t8-,9+,10?,11+,12-,13+,14?,15-,16?,17+,18-,19-,20?,22-,23+/m1/s1. The summed E-state index contributed by atoms with van der Waals surface area (Å²) in [5, 5.41) is 73.9. The topological polar surface area (TPSA) is 312 Å². The highest BCUT2D eigenvalue weighted by atomic mass is 16.7. The zero-order valence-corrected chi connectivity index (χ0v) is 22.7. The molecule has 40 heavy (non-hydrogen) atoms. The van der Waals surface area contributed by atoms with Crippen molar-refractivity contribution in [1.82, 2.24) is 5.32 Å². The van der Waals surface area contributed by atoms with Gasteiger partial charge in [0.1, 0.15) is 48.8 Å². The van der Waals surface area contributed by atoms with Crippen LogP contribution in [0.4, 0.5) is 0 Å². The van der Waals surface area contributed by atoms with E-state index in [0.717, 1.165) is 0 Å². The Bertz CT molecular complexity index is 770. The van der Waals surface area contributed by atoms with Crippen molar-refractivity contribution in [2.45, 2.75) is 118 Å². The van der Waals surface area contributed by atoms with Gasteiger partial charge in [0.2, 0.25) is 5.91 Å². The van der Waals surface area contributed by atoms with Crippen LogP contribution in [0.3, 0.4) is 0 Å². The quantitative estimate of drug-likeness (QED) is 0.0794. The van der Waals surface area contributed by atoms with Crippen molar-refractivity contribution in [3.05, 3.63) is 0 Å². The third-order valence-electron chi connectivity index (χ3n) is 7.04. The first-order valence-corrected chi connectivity index (χ1v) is 13.3. The van der Waals surface area contributed by atoms with Gasteiger partial charge in [0.25, 0.3) is 0 Å². The van der Waals surface area contributed by atoms with Crippen LogP contribution >= 0.6 is 0 Å². The minimum Gasteiger partial charge on any atom is -0.395 e. The molecule has 4 unspecified atom stereocenters. The first-order chi connectivity index (χ1) is 18.8. The van der Waals surface area contributed by atoms with Crippen molar-refractivity contribution < 1.29 is 59.5 Å². The number of hydrogen-bond acceptors (Lipinski definition) is 16. The maximum absolute atomic E-state index is 12.5. The van der Waals surface area contributed by atoms with Gasteiger partial charge in [-0.3, -0.25) is 4.79 Å². The van der Waals surface area contributed by atoms with Crippen LogP contribution in [0.15, 0.2) is 0 Å². The summed E-state index contributed by atoms with van der Waals surface area (Å²) >= 11 is 0. The average molecular weight is 586 g/mol. The van der Waals surface area contributed by atoms with Gasteiger partial charge in [0, 0.05) is 12.1 Å². The maximum atomic E-state index is 12.5. The van der Waals surface area contributed by atoms with E-state index in [0.29, 0.717) is 0 Å². The summed E-state index contributed by atoms with van der Waals surface area (Å²) in [7, 11) is 0. The molecule has 1 aliphatic carbocycles. The molecular weight excluding hydrogens is 538 g/mol. The molecule has 0 aromatic heterocycles. The molecule has 1 saturated heterocycles. The Morgan fingerprint density at radius 3 is 2.20 bits per heavy atom. The van der Waals surface area contributed by atoms with Gasteiger partial charge in [-0.1, -0.05) is 0 Å². The van der Waals surface area contributed by atoms with Crippen LogP contribution in [0, 0.1) is 0 Å². The minimum absolute atomic E-state index is 0.0294. The zero-order valence-electron chi connectivity index (χ0n) is 22.7. The lowest BCUT2D eigenvalue weighted by molar-refractivity contribution is -0.288. The summed E-state index contributed by atoms with van der Waals surface area (Å²) in [6.45, 7) is 1.69. The van der Waals surface area contributed by atoms with E-state index < -0.39 is 111 Å². The van der Waals surface area contributed by atoms with E-state index in [1.807, 2.05) is 0 Å². The van der Waals surface area contributed by atoms with Crippen molar-refractivity contribution >= 4 is 5.91 Å². The molecule has 0 aromatic rings. The van der Waals surface area contributed by atoms with Crippen molar-refractivity contribution in [1.29, 1.82) is 0 Å². The molecule has 1 amide bonds. The smallest absolute Gasteiger partial charge is 0.249 e. The molecule has 2 rings (SSSR count). The second-order valence-electron chi connectivity index (χ2n) is 10.4. The number of aliphatic hydroxyl groups is 7. The van der Waals surface area contributed by atoms with Crippen LogP contribution in [0.5, 0.6) is 0 Å². The Morgan fingerprint density at radius 1 is 1.05 bits per heavy atom. The molecule has 2 fully saturated rings. The van der Waals surface area contributed by atoms with E-state index in [2.05, 4.69) is 5.32 Å². The van der Waals surface area contributed by atoms with Crippen LogP contribution in [-0.2, 0) is 23.7 Å². The number of aliphatic hydroxyl groups excluding tert-OH is 7. The number of hydrogen-bond donors (Lipinski definition) is 12. The molecule has 0 radical (unpaired) electrons. The number of amides is 1. The van der Waals surface area contributed by atoms with Gasteiger partial charge >= 0.3 is 0 Å². The normalized spacial score (nSPS) is 37.4. The highest BCUT2D eigenvalue weighted by Crippen LogP contribution is 2.32. The minimum atomic E-state index is -1.58. The van der Waals surface area contributed by atoms with Crippen molar-refractivity contribution in [2.24, 2.45) is 22.9 Å². The van der Waals surface area contributed by atoms with E-state index >= 15 is 0 Å². The molecule has 1 aliphatic heterocycles. The van der Waals surface area contributed by atoms with Crippen molar-refractivity contribution in [3.8, 4) is 0 Å². The molecule has 0 aromatic carbocycles. The average Bonchev–Trinajstić information content (AvgIpc) is 3.18. The Morgan fingerprint density at radius 2 is 1.70 bits per heavy atom. The van der Waals surface area contributed by atoms with Crippen LogP contribution < -0.4 is 28.3 Å². The summed E-state index contributed by atoms with van der Waals surface area (Å²) in [4.78, 5) is 12.5. The summed E-state index contributed by atoms with van der Waals surface area (Å²) in [5.74, 6) is -0.810. The van der Waals surface area contributed by atoms with E-state index in [1.54, 1.807) is 6.92 Å². The molecule has 0 bridgehead atoms. The molecular formula is C23H47N5O12. The Labute approximate surface area is 232 Å². The van der Waals surface area contributed by atoms with Crippen molar-refractivity contribution in [3.63, 3.8) is 0 Å². The van der Waals surface area contributed by atoms with Crippen LogP contribution in [-0.4, -0.2) is 153 Å². The van der Waals surface area contributed by atoms with Gasteiger partial charge in [-0.2, -0.15) is 0 Å². The second-order valence-corrected chi connectivity index (χ2v) is 10.4.